The van der Waals surface area contributed by atoms with Gasteiger partial charge in [0.05, 0.1) is 11.8 Å². The lowest BCUT2D eigenvalue weighted by molar-refractivity contribution is 0.0976. The maximum atomic E-state index is 12.6. The molecule has 0 bridgehead atoms. The summed E-state index contributed by atoms with van der Waals surface area (Å²) in [5, 5.41) is 9.30. The maximum absolute atomic E-state index is 12.6. The van der Waals surface area contributed by atoms with E-state index in [4.69, 9.17) is 4.98 Å². The van der Waals surface area contributed by atoms with Gasteiger partial charge in [-0.1, -0.05) is 20.3 Å². The van der Waals surface area contributed by atoms with E-state index < -0.39 is 0 Å². The number of fused-ring (bicyclic) bond motifs is 1. The van der Waals surface area contributed by atoms with Crippen LogP contribution in [0.3, 0.4) is 0 Å². The zero-order valence-corrected chi connectivity index (χ0v) is 15.2. The summed E-state index contributed by atoms with van der Waals surface area (Å²) in [5.41, 5.74) is 1.93. The molecule has 0 amide bonds. The molecule has 1 aliphatic heterocycles. The number of aliphatic hydroxyl groups excluding tert-OH is 1. The van der Waals surface area contributed by atoms with Crippen LogP contribution in [0.1, 0.15) is 62.7 Å². The van der Waals surface area contributed by atoms with E-state index in [1.54, 1.807) is 12.4 Å². The smallest absolute Gasteiger partial charge is 0.166 e. The number of hydrogen-bond acceptors (Lipinski definition) is 5. The normalized spacial score (nSPS) is 15.2. The predicted octanol–water partition coefficient (Wildman–Crippen LogP) is 3.32. The molecule has 0 radical (unpaired) electrons. The first kappa shape index (κ1) is 17.9. The summed E-state index contributed by atoms with van der Waals surface area (Å²) in [6.07, 6.45) is 9.08. The lowest BCUT2D eigenvalue weighted by Crippen LogP contribution is -2.19. The van der Waals surface area contributed by atoms with Crippen LogP contribution in [-0.2, 0) is 0 Å². The van der Waals surface area contributed by atoms with Crippen molar-refractivity contribution >= 4 is 22.8 Å². The van der Waals surface area contributed by atoms with E-state index in [0.717, 1.165) is 38.2 Å². The van der Waals surface area contributed by atoms with E-state index in [1.807, 2.05) is 13.8 Å². The van der Waals surface area contributed by atoms with Gasteiger partial charge >= 0.3 is 0 Å². The molecule has 6 heteroatoms. The quantitative estimate of drug-likeness (QED) is 0.567. The Hall–Kier alpha value is -1.95. The highest BCUT2D eigenvalue weighted by Gasteiger charge is 2.19. The molecule has 1 saturated heterocycles. The number of anilines is 1. The molecule has 136 valence electrons. The van der Waals surface area contributed by atoms with Crippen molar-refractivity contribution in [2.45, 2.75) is 52.4 Å². The number of aliphatic hydroxyl groups is 1. The molecular formula is C19H28N4O2. The number of Topliss-reactive ketones (excluding diaryl/α,β-unsaturated/α-hetero) is 1. The maximum Gasteiger partial charge on any atom is 0.166 e. The number of nitrogens with one attached hydrogen (secondary N) is 1. The van der Waals surface area contributed by atoms with E-state index in [2.05, 4.69) is 14.9 Å². The van der Waals surface area contributed by atoms with Crippen LogP contribution in [0, 0.1) is 5.41 Å². The van der Waals surface area contributed by atoms with Gasteiger partial charge in [0.25, 0.3) is 0 Å². The number of ketones is 1. The van der Waals surface area contributed by atoms with Crippen molar-refractivity contribution in [1.82, 2.24) is 15.0 Å². The Morgan fingerprint density at radius 1 is 1.32 bits per heavy atom. The van der Waals surface area contributed by atoms with Gasteiger partial charge in [0, 0.05) is 32.3 Å². The van der Waals surface area contributed by atoms with Crippen LogP contribution in [0.5, 0.6) is 0 Å². The minimum absolute atomic E-state index is 0.0695. The number of nitrogens with zero attached hydrogens (tertiary/aromatic N) is 3. The highest BCUT2D eigenvalue weighted by molar-refractivity contribution is 6.05. The molecule has 0 unspecified atom stereocenters. The highest BCUT2D eigenvalue weighted by Crippen LogP contribution is 2.25. The SMILES string of the molecule is CC(C)(CO)CCCCC(=O)c1c[nH]c2ncc(N3CCCC3)nc12. The Morgan fingerprint density at radius 3 is 2.80 bits per heavy atom. The average molecular weight is 344 g/mol. The molecule has 0 saturated carbocycles. The number of carbonyl (C=O) groups excluding carboxylic acids is 1. The van der Waals surface area contributed by atoms with Gasteiger partial charge in [-0.05, 0) is 31.1 Å². The molecule has 3 rings (SSSR count). The van der Waals surface area contributed by atoms with Gasteiger partial charge in [-0.3, -0.25) is 4.79 Å². The fourth-order valence-electron chi connectivity index (χ4n) is 3.30. The average Bonchev–Trinajstić information content (AvgIpc) is 3.27. The summed E-state index contributed by atoms with van der Waals surface area (Å²) in [6.45, 7) is 6.29. The van der Waals surface area contributed by atoms with Crippen LogP contribution in [0.15, 0.2) is 12.4 Å². The van der Waals surface area contributed by atoms with Crippen molar-refractivity contribution in [3.63, 3.8) is 0 Å². The summed E-state index contributed by atoms with van der Waals surface area (Å²) in [6, 6.07) is 0. The zero-order valence-electron chi connectivity index (χ0n) is 15.2. The van der Waals surface area contributed by atoms with Crippen molar-refractivity contribution in [2.75, 3.05) is 24.6 Å². The third-order valence-corrected chi connectivity index (χ3v) is 5.03. The number of H-pyrrole nitrogens is 1. The number of carbonyl (C=O) groups is 1. The fourth-order valence-corrected chi connectivity index (χ4v) is 3.30. The number of aromatic amines is 1. The van der Waals surface area contributed by atoms with Crippen molar-refractivity contribution in [3.05, 3.63) is 18.0 Å². The first-order valence-corrected chi connectivity index (χ1v) is 9.23. The summed E-state index contributed by atoms with van der Waals surface area (Å²) >= 11 is 0. The third-order valence-electron chi connectivity index (χ3n) is 5.03. The molecule has 0 spiro atoms. The summed E-state index contributed by atoms with van der Waals surface area (Å²) in [4.78, 5) is 27.0. The monoisotopic (exact) mass is 344 g/mol. The Morgan fingerprint density at radius 2 is 2.08 bits per heavy atom. The number of hydrogen-bond donors (Lipinski definition) is 2. The molecule has 0 aromatic carbocycles. The zero-order chi connectivity index (χ0) is 17.9. The number of unbranched alkanes of at least 4 members (excludes halogenated alkanes) is 1. The molecule has 3 heterocycles. The number of aromatic nitrogens is 3. The van der Waals surface area contributed by atoms with Crippen LogP contribution in [0.4, 0.5) is 5.82 Å². The number of rotatable bonds is 8. The first-order valence-electron chi connectivity index (χ1n) is 9.23. The van der Waals surface area contributed by atoms with E-state index in [9.17, 15) is 9.90 Å². The van der Waals surface area contributed by atoms with Crippen LogP contribution >= 0.6 is 0 Å². The second-order valence-electron chi connectivity index (χ2n) is 7.77. The Labute approximate surface area is 148 Å². The van der Waals surface area contributed by atoms with Gasteiger partial charge in [0.15, 0.2) is 11.4 Å². The molecule has 1 aliphatic rings. The van der Waals surface area contributed by atoms with Crippen LogP contribution in [0.25, 0.3) is 11.2 Å². The summed E-state index contributed by atoms with van der Waals surface area (Å²) in [5.74, 6) is 0.976. The summed E-state index contributed by atoms with van der Waals surface area (Å²) < 4.78 is 0. The van der Waals surface area contributed by atoms with Gasteiger partial charge < -0.3 is 15.0 Å². The topological polar surface area (TPSA) is 82.1 Å². The molecule has 6 nitrogen and oxygen atoms in total. The van der Waals surface area contributed by atoms with Gasteiger partial charge in [-0.15, -0.1) is 0 Å². The standard InChI is InChI=1S/C19H28N4O2/c1-19(2,13-24)8-4-3-7-15(25)14-11-20-18-17(14)22-16(12-21-18)23-9-5-6-10-23/h11-12,24H,3-10,13H2,1-2H3,(H,20,21). The highest BCUT2D eigenvalue weighted by atomic mass is 16.3. The third kappa shape index (κ3) is 4.18. The van der Waals surface area contributed by atoms with Crippen molar-refractivity contribution in [1.29, 1.82) is 0 Å². The van der Waals surface area contributed by atoms with Crippen molar-refractivity contribution in [2.24, 2.45) is 5.41 Å². The van der Waals surface area contributed by atoms with E-state index >= 15 is 0 Å². The van der Waals surface area contributed by atoms with E-state index in [-0.39, 0.29) is 17.8 Å². The van der Waals surface area contributed by atoms with Gasteiger partial charge in [-0.25, -0.2) is 9.97 Å². The molecule has 2 aromatic heterocycles. The first-order chi connectivity index (χ1) is 12.0. The molecule has 1 fully saturated rings. The van der Waals surface area contributed by atoms with Gasteiger partial charge in [0.2, 0.25) is 0 Å². The molecule has 25 heavy (non-hydrogen) atoms. The van der Waals surface area contributed by atoms with Crippen LogP contribution in [-0.4, -0.2) is 45.5 Å². The molecule has 2 aromatic rings. The largest absolute Gasteiger partial charge is 0.396 e. The lowest BCUT2D eigenvalue weighted by atomic mass is 9.88. The lowest BCUT2D eigenvalue weighted by Gasteiger charge is -2.20. The Balaban J connectivity index is 1.65. The van der Waals surface area contributed by atoms with E-state index in [1.165, 1.54) is 12.8 Å². The Bertz CT molecular complexity index is 732. The molecule has 0 atom stereocenters. The molecular weight excluding hydrogens is 316 g/mol. The second-order valence-corrected chi connectivity index (χ2v) is 7.77. The second kappa shape index (κ2) is 7.52. The van der Waals surface area contributed by atoms with Crippen LogP contribution < -0.4 is 4.90 Å². The van der Waals surface area contributed by atoms with Crippen molar-refractivity contribution in [3.8, 4) is 0 Å². The van der Waals surface area contributed by atoms with Crippen LogP contribution in [0.2, 0.25) is 0 Å². The van der Waals surface area contributed by atoms with Crippen molar-refractivity contribution < 1.29 is 9.90 Å². The summed E-state index contributed by atoms with van der Waals surface area (Å²) in [7, 11) is 0. The Kier molecular flexibility index (Phi) is 5.37. The van der Waals surface area contributed by atoms with Gasteiger partial charge in [-0.2, -0.15) is 0 Å². The van der Waals surface area contributed by atoms with E-state index in [0.29, 0.717) is 23.1 Å². The fraction of sp³-hybridized carbons (Fsp3) is 0.632. The molecule has 2 N–H and O–H groups in total. The minimum atomic E-state index is -0.0695. The molecule has 0 aliphatic carbocycles. The minimum Gasteiger partial charge on any atom is -0.396 e. The predicted molar refractivity (Wildman–Crippen MR) is 99.0 cm³/mol. The van der Waals surface area contributed by atoms with Gasteiger partial charge in [0.1, 0.15) is 11.3 Å².